The highest BCUT2D eigenvalue weighted by Gasteiger charge is 2.09. The summed E-state index contributed by atoms with van der Waals surface area (Å²) in [6.45, 7) is 0.149. The Bertz CT molecular complexity index is 869. The fourth-order valence-electron chi connectivity index (χ4n) is 2.06. The Morgan fingerprint density at radius 2 is 1.96 bits per heavy atom. The van der Waals surface area contributed by atoms with Crippen LogP contribution in [-0.2, 0) is 11.3 Å². The van der Waals surface area contributed by atoms with Gasteiger partial charge >= 0.3 is 0 Å². The third kappa shape index (κ3) is 4.80. The lowest BCUT2D eigenvalue weighted by atomic mass is 10.2. The van der Waals surface area contributed by atoms with Gasteiger partial charge in [-0.1, -0.05) is 41.6 Å². The standard InChI is InChI=1S/C17H14ClFN4OS/c18-13-7-5-11(6-8-13)16-21-17(23-22-16)25-10-15(24)20-9-12-3-1-2-4-14(12)19/h1-8H,9-10H2,(H,20,24)(H,21,22,23). The third-order valence-corrected chi connectivity index (χ3v) is 4.45. The smallest absolute Gasteiger partial charge is 0.230 e. The van der Waals surface area contributed by atoms with E-state index in [4.69, 9.17) is 11.6 Å². The number of benzene rings is 2. The van der Waals surface area contributed by atoms with Crippen molar-refractivity contribution in [2.75, 3.05) is 5.75 Å². The average molecular weight is 377 g/mol. The van der Waals surface area contributed by atoms with Crippen LogP contribution in [0.1, 0.15) is 5.56 Å². The summed E-state index contributed by atoms with van der Waals surface area (Å²) < 4.78 is 13.5. The van der Waals surface area contributed by atoms with Gasteiger partial charge in [-0.2, -0.15) is 0 Å². The van der Waals surface area contributed by atoms with E-state index in [0.29, 0.717) is 21.6 Å². The Balaban J connectivity index is 1.51. The second-order valence-corrected chi connectivity index (χ2v) is 6.51. The second-order valence-electron chi connectivity index (χ2n) is 5.13. The van der Waals surface area contributed by atoms with Crippen molar-refractivity contribution in [2.45, 2.75) is 11.7 Å². The van der Waals surface area contributed by atoms with Crippen molar-refractivity contribution in [2.24, 2.45) is 0 Å². The van der Waals surface area contributed by atoms with Crippen molar-refractivity contribution in [1.82, 2.24) is 20.5 Å². The molecule has 0 saturated carbocycles. The van der Waals surface area contributed by atoms with Gasteiger partial charge in [-0.05, 0) is 30.3 Å². The topological polar surface area (TPSA) is 70.7 Å². The molecule has 2 N–H and O–H groups in total. The van der Waals surface area contributed by atoms with Gasteiger partial charge in [-0.15, -0.1) is 5.10 Å². The van der Waals surface area contributed by atoms with Crippen LogP contribution >= 0.6 is 23.4 Å². The molecule has 8 heteroatoms. The van der Waals surface area contributed by atoms with E-state index in [1.165, 1.54) is 17.8 Å². The van der Waals surface area contributed by atoms with E-state index in [0.717, 1.165) is 5.56 Å². The molecule has 5 nitrogen and oxygen atoms in total. The molecule has 3 aromatic rings. The summed E-state index contributed by atoms with van der Waals surface area (Å²) in [5.41, 5.74) is 1.30. The van der Waals surface area contributed by atoms with E-state index in [1.807, 2.05) is 12.1 Å². The zero-order valence-corrected chi connectivity index (χ0v) is 14.6. The number of hydrogen-bond donors (Lipinski definition) is 2. The molecule has 0 aliphatic rings. The molecule has 0 aliphatic carbocycles. The number of amides is 1. The van der Waals surface area contributed by atoms with Crippen molar-refractivity contribution in [3.05, 3.63) is 64.9 Å². The zero-order valence-electron chi connectivity index (χ0n) is 13.0. The summed E-state index contributed by atoms with van der Waals surface area (Å²) in [7, 11) is 0. The molecule has 3 rings (SSSR count). The molecule has 0 bridgehead atoms. The maximum absolute atomic E-state index is 13.5. The fraction of sp³-hybridized carbons (Fsp3) is 0.118. The number of halogens is 2. The summed E-state index contributed by atoms with van der Waals surface area (Å²) in [4.78, 5) is 16.2. The monoisotopic (exact) mass is 376 g/mol. The minimum absolute atomic E-state index is 0.145. The van der Waals surface area contributed by atoms with E-state index in [9.17, 15) is 9.18 Å². The van der Waals surface area contributed by atoms with E-state index in [2.05, 4.69) is 20.5 Å². The normalized spacial score (nSPS) is 10.6. The highest BCUT2D eigenvalue weighted by molar-refractivity contribution is 7.99. The van der Waals surface area contributed by atoms with Crippen LogP contribution in [0, 0.1) is 5.82 Å². The number of aromatic amines is 1. The first-order chi connectivity index (χ1) is 12.1. The molecule has 0 unspecified atom stereocenters. The van der Waals surface area contributed by atoms with Gasteiger partial charge in [-0.3, -0.25) is 9.89 Å². The fourth-order valence-corrected chi connectivity index (χ4v) is 2.82. The number of thioether (sulfide) groups is 1. The van der Waals surface area contributed by atoms with E-state index < -0.39 is 0 Å². The Labute approximate surface area is 153 Å². The largest absolute Gasteiger partial charge is 0.351 e. The maximum Gasteiger partial charge on any atom is 0.230 e. The second kappa shape index (κ2) is 8.13. The predicted octanol–water partition coefficient (Wildman–Crippen LogP) is 3.67. The summed E-state index contributed by atoms with van der Waals surface area (Å²) in [5.74, 6) is 0.195. The number of carbonyl (C=O) groups excluding carboxylic acids is 1. The van der Waals surface area contributed by atoms with Crippen LogP contribution in [0.5, 0.6) is 0 Å². The molecule has 1 amide bonds. The first-order valence-electron chi connectivity index (χ1n) is 7.43. The van der Waals surface area contributed by atoms with Crippen LogP contribution < -0.4 is 5.32 Å². The lowest BCUT2D eigenvalue weighted by Gasteiger charge is -2.05. The number of hydrogen-bond acceptors (Lipinski definition) is 4. The van der Waals surface area contributed by atoms with E-state index >= 15 is 0 Å². The van der Waals surface area contributed by atoms with Crippen molar-refractivity contribution < 1.29 is 9.18 Å². The summed E-state index contributed by atoms with van der Waals surface area (Å²) in [6.07, 6.45) is 0. The Hall–Kier alpha value is -2.38. The van der Waals surface area contributed by atoms with Crippen LogP contribution in [0.4, 0.5) is 4.39 Å². The van der Waals surface area contributed by atoms with Gasteiger partial charge in [0.1, 0.15) is 5.82 Å². The number of nitrogens with one attached hydrogen (secondary N) is 2. The number of nitrogens with zero attached hydrogens (tertiary/aromatic N) is 2. The molecule has 0 fully saturated rings. The van der Waals surface area contributed by atoms with Crippen molar-refractivity contribution in [3.8, 4) is 11.4 Å². The lowest BCUT2D eigenvalue weighted by molar-refractivity contribution is -0.118. The van der Waals surface area contributed by atoms with Crippen LogP contribution in [0.2, 0.25) is 5.02 Å². The van der Waals surface area contributed by atoms with Gasteiger partial charge in [-0.25, -0.2) is 9.37 Å². The lowest BCUT2D eigenvalue weighted by Crippen LogP contribution is -2.25. The number of rotatable bonds is 6. The van der Waals surface area contributed by atoms with Crippen LogP contribution in [0.3, 0.4) is 0 Å². The highest BCUT2D eigenvalue weighted by Crippen LogP contribution is 2.20. The van der Waals surface area contributed by atoms with Gasteiger partial charge in [0.2, 0.25) is 11.1 Å². The third-order valence-electron chi connectivity index (χ3n) is 3.35. The summed E-state index contributed by atoms with van der Waals surface area (Å²) >= 11 is 7.06. The highest BCUT2D eigenvalue weighted by atomic mass is 35.5. The quantitative estimate of drug-likeness (QED) is 0.644. The minimum atomic E-state index is -0.336. The molecule has 128 valence electrons. The molecule has 1 heterocycles. The van der Waals surface area contributed by atoms with Gasteiger partial charge < -0.3 is 5.32 Å². The van der Waals surface area contributed by atoms with Gasteiger partial charge in [0, 0.05) is 22.7 Å². The molecule has 0 spiro atoms. The van der Waals surface area contributed by atoms with Crippen LogP contribution in [0.15, 0.2) is 53.7 Å². The first kappa shape index (κ1) is 17.4. The van der Waals surface area contributed by atoms with E-state index in [1.54, 1.807) is 30.3 Å². The van der Waals surface area contributed by atoms with Gasteiger partial charge in [0.15, 0.2) is 5.82 Å². The molecule has 25 heavy (non-hydrogen) atoms. The van der Waals surface area contributed by atoms with Crippen molar-refractivity contribution in [1.29, 1.82) is 0 Å². The molecule has 0 aliphatic heterocycles. The molecule has 0 radical (unpaired) electrons. The minimum Gasteiger partial charge on any atom is -0.351 e. The van der Waals surface area contributed by atoms with Crippen LogP contribution in [0.25, 0.3) is 11.4 Å². The Morgan fingerprint density at radius 1 is 1.20 bits per heavy atom. The first-order valence-corrected chi connectivity index (χ1v) is 8.79. The molecular formula is C17H14ClFN4OS. The van der Waals surface area contributed by atoms with Gasteiger partial charge in [0.25, 0.3) is 0 Å². The Kier molecular flexibility index (Phi) is 5.67. The number of carbonyl (C=O) groups is 1. The van der Waals surface area contributed by atoms with E-state index in [-0.39, 0.29) is 24.0 Å². The van der Waals surface area contributed by atoms with Crippen LogP contribution in [-0.4, -0.2) is 26.8 Å². The molecule has 1 aromatic heterocycles. The molecule has 2 aromatic carbocycles. The predicted molar refractivity (Wildman–Crippen MR) is 95.8 cm³/mol. The van der Waals surface area contributed by atoms with Gasteiger partial charge in [0.05, 0.1) is 5.75 Å². The summed E-state index contributed by atoms with van der Waals surface area (Å²) in [6, 6.07) is 13.5. The van der Waals surface area contributed by atoms with Crippen molar-refractivity contribution in [3.63, 3.8) is 0 Å². The molecular weight excluding hydrogens is 363 g/mol. The Morgan fingerprint density at radius 3 is 2.72 bits per heavy atom. The summed E-state index contributed by atoms with van der Waals surface area (Å²) in [5, 5.41) is 10.7. The molecule has 0 atom stereocenters. The average Bonchev–Trinajstić information content (AvgIpc) is 3.09. The SMILES string of the molecule is O=C(CSc1n[nH]c(-c2ccc(Cl)cc2)n1)NCc1ccccc1F. The number of H-pyrrole nitrogens is 1. The molecule has 0 saturated heterocycles. The van der Waals surface area contributed by atoms with Crippen molar-refractivity contribution >= 4 is 29.3 Å². The maximum atomic E-state index is 13.5. The number of aromatic nitrogens is 3. The zero-order chi connectivity index (χ0) is 17.6.